The molecule has 0 aliphatic carbocycles. The Hall–Kier alpha value is -2.04. The first-order valence-corrected chi connectivity index (χ1v) is 6.42. The van der Waals surface area contributed by atoms with Crippen LogP contribution >= 0.6 is 11.6 Å². The van der Waals surface area contributed by atoms with E-state index in [0.29, 0.717) is 10.8 Å². The van der Waals surface area contributed by atoms with Crippen LogP contribution in [0.2, 0.25) is 5.02 Å². The second-order valence-corrected chi connectivity index (χ2v) is 4.67. The SMILES string of the molecule is NC(COc1ccc(-c2ccccc2)cc1Cl)C(=O)O. The van der Waals surface area contributed by atoms with Crippen LogP contribution in [0.4, 0.5) is 0 Å². The predicted octanol–water partition coefficient (Wildman–Crippen LogP) is 2.80. The molecule has 0 spiro atoms. The van der Waals surface area contributed by atoms with E-state index in [4.69, 9.17) is 27.2 Å². The predicted molar refractivity (Wildman–Crippen MR) is 78.0 cm³/mol. The fourth-order valence-electron chi connectivity index (χ4n) is 1.68. The smallest absolute Gasteiger partial charge is 0.324 e. The number of rotatable bonds is 5. The lowest BCUT2D eigenvalue weighted by Crippen LogP contribution is -2.36. The van der Waals surface area contributed by atoms with Crippen LogP contribution in [0, 0.1) is 0 Å². The maximum absolute atomic E-state index is 10.6. The summed E-state index contributed by atoms with van der Waals surface area (Å²) in [5.74, 6) is -0.690. The third kappa shape index (κ3) is 3.50. The van der Waals surface area contributed by atoms with Crippen molar-refractivity contribution in [1.82, 2.24) is 0 Å². The third-order valence-corrected chi connectivity index (χ3v) is 3.07. The van der Waals surface area contributed by atoms with Gasteiger partial charge in [-0.15, -0.1) is 0 Å². The van der Waals surface area contributed by atoms with Gasteiger partial charge in [0, 0.05) is 0 Å². The van der Waals surface area contributed by atoms with Gasteiger partial charge in [0.05, 0.1) is 5.02 Å². The molecule has 1 atom stereocenters. The summed E-state index contributed by atoms with van der Waals surface area (Å²) in [7, 11) is 0. The zero-order chi connectivity index (χ0) is 14.5. The van der Waals surface area contributed by atoms with Crippen molar-refractivity contribution in [3.63, 3.8) is 0 Å². The van der Waals surface area contributed by atoms with E-state index in [1.807, 2.05) is 36.4 Å². The number of aliphatic carboxylic acids is 1. The molecule has 0 bridgehead atoms. The number of nitrogens with two attached hydrogens (primary N) is 1. The summed E-state index contributed by atoms with van der Waals surface area (Å²) in [6.45, 7) is -0.125. The van der Waals surface area contributed by atoms with Crippen LogP contribution in [0.5, 0.6) is 5.75 Å². The molecule has 1 unspecified atom stereocenters. The van der Waals surface area contributed by atoms with Gasteiger partial charge in [-0.3, -0.25) is 4.79 Å². The molecule has 4 nitrogen and oxygen atoms in total. The molecule has 20 heavy (non-hydrogen) atoms. The van der Waals surface area contributed by atoms with Crippen molar-refractivity contribution in [2.45, 2.75) is 6.04 Å². The van der Waals surface area contributed by atoms with Gasteiger partial charge in [-0.1, -0.05) is 48.0 Å². The average Bonchev–Trinajstić information content (AvgIpc) is 2.46. The number of carbonyl (C=O) groups is 1. The molecule has 0 saturated carbocycles. The zero-order valence-electron chi connectivity index (χ0n) is 10.6. The van der Waals surface area contributed by atoms with Crippen LogP contribution in [0.25, 0.3) is 11.1 Å². The van der Waals surface area contributed by atoms with Crippen LogP contribution in [0.3, 0.4) is 0 Å². The summed E-state index contributed by atoms with van der Waals surface area (Å²) in [5, 5.41) is 9.10. The van der Waals surface area contributed by atoms with Crippen LogP contribution in [0.15, 0.2) is 48.5 Å². The lowest BCUT2D eigenvalue weighted by Gasteiger charge is -2.11. The number of carboxylic acids is 1. The molecule has 0 aliphatic heterocycles. The molecule has 0 radical (unpaired) electrons. The summed E-state index contributed by atoms with van der Waals surface area (Å²) < 4.78 is 5.31. The summed E-state index contributed by atoms with van der Waals surface area (Å²) in [6, 6.07) is 14.1. The minimum Gasteiger partial charge on any atom is -0.490 e. The van der Waals surface area contributed by atoms with E-state index in [1.165, 1.54) is 0 Å². The van der Waals surface area contributed by atoms with Gasteiger partial charge in [0.2, 0.25) is 0 Å². The van der Waals surface area contributed by atoms with E-state index < -0.39 is 12.0 Å². The molecule has 2 aromatic carbocycles. The second-order valence-electron chi connectivity index (χ2n) is 4.27. The van der Waals surface area contributed by atoms with E-state index in [0.717, 1.165) is 11.1 Å². The van der Waals surface area contributed by atoms with Crippen molar-refractivity contribution in [3.05, 3.63) is 53.6 Å². The Morgan fingerprint density at radius 2 is 1.90 bits per heavy atom. The van der Waals surface area contributed by atoms with Gasteiger partial charge in [-0.2, -0.15) is 0 Å². The molecule has 3 N–H and O–H groups in total. The number of hydrogen-bond donors (Lipinski definition) is 2. The van der Waals surface area contributed by atoms with Crippen molar-refractivity contribution < 1.29 is 14.6 Å². The quantitative estimate of drug-likeness (QED) is 0.888. The van der Waals surface area contributed by atoms with Gasteiger partial charge in [0.1, 0.15) is 18.4 Å². The van der Waals surface area contributed by atoms with Gasteiger partial charge in [-0.25, -0.2) is 0 Å². The van der Waals surface area contributed by atoms with E-state index in [-0.39, 0.29) is 6.61 Å². The first kappa shape index (κ1) is 14.4. The lowest BCUT2D eigenvalue weighted by atomic mass is 10.1. The van der Waals surface area contributed by atoms with Crippen molar-refractivity contribution in [2.75, 3.05) is 6.61 Å². The first-order valence-electron chi connectivity index (χ1n) is 6.04. The molecular weight excluding hydrogens is 278 g/mol. The Kier molecular flexibility index (Phi) is 4.61. The highest BCUT2D eigenvalue weighted by molar-refractivity contribution is 6.32. The topological polar surface area (TPSA) is 72.5 Å². The van der Waals surface area contributed by atoms with E-state index in [9.17, 15) is 4.79 Å². The maximum atomic E-state index is 10.6. The highest BCUT2D eigenvalue weighted by Crippen LogP contribution is 2.30. The Morgan fingerprint density at radius 3 is 2.50 bits per heavy atom. The highest BCUT2D eigenvalue weighted by Gasteiger charge is 2.13. The number of benzene rings is 2. The third-order valence-electron chi connectivity index (χ3n) is 2.77. The Labute approximate surface area is 121 Å². The first-order chi connectivity index (χ1) is 9.58. The van der Waals surface area contributed by atoms with Gasteiger partial charge < -0.3 is 15.6 Å². The molecule has 0 fully saturated rings. The number of ether oxygens (including phenoxy) is 1. The molecule has 5 heteroatoms. The Morgan fingerprint density at radius 1 is 1.20 bits per heavy atom. The summed E-state index contributed by atoms with van der Waals surface area (Å²) in [6.07, 6.45) is 0. The second kappa shape index (κ2) is 6.41. The van der Waals surface area contributed by atoms with E-state index in [2.05, 4.69) is 0 Å². The molecule has 104 valence electrons. The minimum atomic E-state index is -1.11. The number of carboxylic acid groups (broad SMARTS) is 1. The Balaban J connectivity index is 2.12. The van der Waals surface area contributed by atoms with Crippen LogP contribution < -0.4 is 10.5 Å². The molecule has 0 heterocycles. The molecule has 2 aromatic rings. The molecule has 0 amide bonds. The van der Waals surface area contributed by atoms with Crippen LogP contribution in [0.1, 0.15) is 0 Å². The van der Waals surface area contributed by atoms with Gasteiger partial charge in [0.25, 0.3) is 0 Å². The highest BCUT2D eigenvalue weighted by atomic mass is 35.5. The minimum absolute atomic E-state index is 0.125. The molecule has 0 aliphatic rings. The molecule has 0 saturated heterocycles. The summed E-state index contributed by atoms with van der Waals surface area (Å²) >= 11 is 6.13. The van der Waals surface area contributed by atoms with Crippen molar-refractivity contribution in [1.29, 1.82) is 0 Å². The van der Waals surface area contributed by atoms with Crippen molar-refractivity contribution in [3.8, 4) is 16.9 Å². The maximum Gasteiger partial charge on any atom is 0.324 e. The van der Waals surface area contributed by atoms with Crippen molar-refractivity contribution >= 4 is 17.6 Å². The van der Waals surface area contributed by atoms with E-state index >= 15 is 0 Å². The van der Waals surface area contributed by atoms with Crippen LogP contribution in [-0.2, 0) is 4.79 Å². The molecular formula is C15H14ClNO3. The molecule has 2 rings (SSSR count). The van der Waals surface area contributed by atoms with Crippen LogP contribution in [-0.4, -0.2) is 23.7 Å². The molecule has 0 aromatic heterocycles. The largest absolute Gasteiger partial charge is 0.490 e. The standard InChI is InChI=1S/C15H14ClNO3/c16-12-8-11(10-4-2-1-3-5-10)6-7-14(12)20-9-13(17)15(18)19/h1-8,13H,9,17H2,(H,18,19). The Bertz CT molecular complexity index is 601. The van der Waals surface area contributed by atoms with E-state index in [1.54, 1.807) is 12.1 Å². The fraction of sp³-hybridized carbons (Fsp3) is 0.133. The summed E-state index contributed by atoms with van der Waals surface area (Å²) in [4.78, 5) is 10.6. The van der Waals surface area contributed by atoms with Gasteiger partial charge in [-0.05, 0) is 23.3 Å². The average molecular weight is 292 g/mol. The van der Waals surface area contributed by atoms with Gasteiger partial charge in [0.15, 0.2) is 0 Å². The monoisotopic (exact) mass is 291 g/mol. The number of hydrogen-bond acceptors (Lipinski definition) is 3. The zero-order valence-corrected chi connectivity index (χ0v) is 11.4. The number of halogens is 1. The van der Waals surface area contributed by atoms with Crippen molar-refractivity contribution in [2.24, 2.45) is 5.73 Å². The lowest BCUT2D eigenvalue weighted by molar-refractivity contribution is -0.139. The van der Waals surface area contributed by atoms with Gasteiger partial charge >= 0.3 is 5.97 Å². The normalized spacial score (nSPS) is 11.9. The fourth-order valence-corrected chi connectivity index (χ4v) is 1.91. The summed E-state index contributed by atoms with van der Waals surface area (Å²) in [5.41, 5.74) is 7.38.